The Morgan fingerprint density at radius 3 is 2.57 bits per heavy atom. The average molecular weight is 389 g/mol. The lowest BCUT2D eigenvalue weighted by Crippen LogP contribution is -2.24. The number of amides is 2. The van der Waals surface area contributed by atoms with E-state index in [1.54, 1.807) is 12.1 Å². The van der Waals surface area contributed by atoms with Crippen LogP contribution in [-0.2, 0) is 12.7 Å². The van der Waals surface area contributed by atoms with Gasteiger partial charge in [-0.3, -0.25) is 14.6 Å². The Labute approximate surface area is 157 Å². The summed E-state index contributed by atoms with van der Waals surface area (Å²) in [6.07, 6.45) is -1.78. The van der Waals surface area contributed by atoms with E-state index in [9.17, 15) is 22.8 Å². The van der Waals surface area contributed by atoms with Crippen LogP contribution in [0.1, 0.15) is 32.2 Å². The van der Waals surface area contributed by atoms with Gasteiger partial charge < -0.3 is 15.1 Å². The predicted molar refractivity (Wildman–Crippen MR) is 93.5 cm³/mol. The first kappa shape index (κ1) is 19.2. The van der Waals surface area contributed by atoms with Gasteiger partial charge in [0.05, 0.1) is 18.4 Å². The summed E-state index contributed by atoms with van der Waals surface area (Å²) < 4.78 is 43.4. The summed E-state index contributed by atoms with van der Waals surface area (Å²) in [6, 6.07) is 10.2. The van der Waals surface area contributed by atoms with E-state index < -0.39 is 23.6 Å². The third kappa shape index (κ3) is 4.76. The molecule has 2 amide bonds. The van der Waals surface area contributed by atoms with E-state index in [1.165, 1.54) is 36.7 Å². The molecule has 2 N–H and O–H groups in total. The molecule has 3 aromatic rings. The van der Waals surface area contributed by atoms with Crippen LogP contribution in [0.3, 0.4) is 0 Å². The Morgan fingerprint density at radius 1 is 1.04 bits per heavy atom. The summed E-state index contributed by atoms with van der Waals surface area (Å²) in [5.74, 6) is -0.640. The molecule has 9 heteroatoms. The summed E-state index contributed by atoms with van der Waals surface area (Å²) in [5, 5.41) is 4.97. The molecule has 0 atom stereocenters. The first-order valence-electron chi connectivity index (χ1n) is 8.08. The van der Waals surface area contributed by atoms with Crippen molar-refractivity contribution in [3.05, 3.63) is 83.6 Å². The number of halogens is 3. The minimum Gasteiger partial charge on any atom is -0.467 e. The fourth-order valence-electron chi connectivity index (χ4n) is 2.34. The number of nitrogens with zero attached hydrogens (tertiary/aromatic N) is 1. The van der Waals surface area contributed by atoms with E-state index in [2.05, 4.69) is 15.6 Å². The van der Waals surface area contributed by atoms with E-state index in [-0.39, 0.29) is 23.5 Å². The van der Waals surface area contributed by atoms with E-state index in [0.717, 1.165) is 12.1 Å². The maximum atomic E-state index is 12.8. The molecule has 28 heavy (non-hydrogen) atoms. The number of aromatic nitrogens is 1. The molecule has 0 aliphatic heterocycles. The highest BCUT2D eigenvalue weighted by atomic mass is 19.4. The molecule has 0 saturated heterocycles. The summed E-state index contributed by atoms with van der Waals surface area (Å²) in [5.41, 5.74) is -0.822. The highest BCUT2D eigenvalue weighted by Crippen LogP contribution is 2.30. The van der Waals surface area contributed by atoms with Crippen LogP contribution in [0.4, 0.5) is 18.9 Å². The van der Waals surface area contributed by atoms with Gasteiger partial charge in [-0.1, -0.05) is 6.07 Å². The van der Waals surface area contributed by atoms with Crippen LogP contribution in [-0.4, -0.2) is 16.8 Å². The standard InChI is InChI=1S/C19H14F3N3O3/c20-19(21,22)13-3-1-4-14(10-13)25-17(26)12-6-7-23-16(9-12)18(27)24-11-15-5-2-8-28-15/h1-10H,11H2,(H,24,27)(H,25,26). The van der Waals surface area contributed by atoms with Crippen molar-refractivity contribution in [1.29, 1.82) is 0 Å². The van der Waals surface area contributed by atoms with E-state index in [1.807, 2.05) is 0 Å². The maximum Gasteiger partial charge on any atom is 0.416 e. The molecule has 0 aliphatic rings. The average Bonchev–Trinajstić information content (AvgIpc) is 3.19. The first-order valence-corrected chi connectivity index (χ1v) is 8.08. The summed E-state index contributed by atoms with van der Waals surface area (Å²) in [6.45, 7) is 0.147. The fourth-order valence-corrected chi connectivity index (χ4v) is 2.34. The van der Waals surface area contributed by atoms with Crippen LogP contribution in [0.5, 0.6) is 0 Å². The van der Waals surface area contributed by atoms with Gasteiger partial charge in [0.15, 0.2) is 0 Å². The van der Waals surface area contributed by atoms with Crippen LogP contribution >= 0.6 is 0 Å². The smallest absolute Gasteiger partial charge is 0.416 e. The van der Waals surface area contributed by atoms with Crippen molar-refractivity contribution in [2.45, 2.75) is 12.7 Å². The zero-order chi connectivity index (χ0) is 20.1. The maximum absolute atomic E-state index is 12.8. The second-order valence-electron chi connectivity index (χ2n) is 5.72. The van der Waals surface area contributed by atoms with Gasteiger partial charge in [0.25, 0.3) is 11.8 Å². The van der Waals surface area contributed by atoms with Gasteiger partial charge in [-0.2, -0.15) is 13.2 Å². The number of carbonyl (C=O) groups excluding carboxylic acids is 2. The number of benzene rings is 1. The molecule has 1 aromatic carbocycles. The molecule has 0 radical (unpaired) electrons. The quantitative estimate of drug-likeness (QED) is 0.694. The zero-order valence-corrected chi connectivity index (χ0v) is 14.3. The monoisotopic (exact) mass is 389 g/mol. The number of carbonyl (C=O) groups is 2. The molecule has 0 aliphatic carbocycles. The number of alkyl halides is 3. The Kier molecular flexibility index (Phi) is 5.44. The Bertz CT molecular complexity index is 985. The molecule has 6 nitrogen and oxygen atoms in total. The molecule has 0 bridgehead atoms. The van der Waals surface area contributed by atoms with Gasteiger partial charge in [0, 0.05) is 17.4 Å². The number of nitrogens with one attached hydrogen (secondary N) is 2. The van der Waals surface area contributed by atoms with Gasteiger partial charge in [0.2, 0.25) is 0 Å². The molecule has 2 heterocycles. The first-order chi connectivity index (χ1) is 13.3. The van der Waals surface area contributed by atoms with E-state index in [0.29, 0.717) is 5.76 Å². The van der Waals surface area contributed by atoms with Crippen LogP contribution in [0.2, 0.25) is 0 Å². The van der Waals surface area contributed by atoms with Gasteiger partial charge in [0.1, 0.15) is 11.5 Å². The molecule has 3 rings (SSSR count). The highest BCUT2D eigenvalue weighted by Gasteiger charge is 2.30. The second-order valence-corrected chi connectivity index (χ2v) is 5.72. The normalized spacial score (nSPS) is 11.1. The second kappa shape index (κ2) is 7.95. The van der Waals surface area contributed by atoms with Crippen molar-refractivity contribution in [2.24, 2.45) is 0 Å². The lowest BCUT2D eigenvalue weighted by molar-refractivity contribution is -0.137. The Balaban J connectivity index is 1.69. The number of hydrogen-bond acceptors (Lipinski definition) is 4. The van der Waals surface area contributed by atoms with Crippen molar-refractivity contribution in [3.63, 3.8) is 0 Å². The molecule has 2 aromatic heterocycles. The van der Waals surface area contributed by atoms with Gasteiger partial charge in [-0.05, 0) is 42.5 Å². The van der Waals surface area contributed by atoms with Crippen molar-refractivity contribution in [1.82, 2.24) is 10.3 Å². The SMILES string of the molecule is O=C(Nc1cccc(C(F)(F)F)c1)c1ccnc(C(=O)NCc2ccco2)c1. The lowest BCUT2D eigenvalue weighted by atomic mass is 10.1. The third-order valence-corrected chi connectivity index (χ3v) is 3.71. The van der Waals surface area contributed by atoms with Crippen LogP contribution in [0.15, 0.2) is 65.4 Å². The molecular weight excluding hydrogens is 375 g/mol. The summed E-state index contributed by atoms with van der Waals surface area (Å²) in [4.78, 5) is 28.4. The third-order valence-electron chi connectivity index (χ3n) is 3.71. The van der Waals surface area contributed by atoms with Crippen molar-refractivity contribution < 1.29 is 27.2 Å². The molecule has 0 spiro atoms. The van der Waals surface area contributed by atoms with Crippen LogP contribution < -0.4 is 10.6 Å². The van der Waals surface area contributed by atoms with Crippen molar-refractivity contribution in [3.8, 4) is 0 Å². The minimum atomic E-state index is -4.52. The Hall–Kier alpha value is -3.62. The zero-order valence-electron chi connectivity index (χ0n) is 14.3. The summed E-state index contributed by atoms with van der Waals surface area (Å²) >= 11 is 0. The van der Waals surface area contributed by atoms with Gasteiger partial charge >= 0.3 is 6.18 Å². The molecule has 0 fully saturated rings. The minimum absolute atomic E-state index is 0.0109. The fraction of sp³-hybridized carbons (Fsp3) is 0.105. The molecular formula is C19H14F3N3O3. The lowest BCUT2D eigenvalue weighted by Gasteiger charge is -2.10. The van der Waals surface area contributed by atoms with Crippen LogP contribution in [0, 0.1) is 0 Å². The molecule has 0 saturated carbocycles. The molecule has 0 unspecified atom stereocenters. The molecule has 144 valence electrons. The van der Waals surface area contributed by atoms with Gasteiger partial charge in [-0.15, -0.1) is 0 Å². The van der Waals surface area contributed by atoms with E-state index >= 15 is 0 Å². The number of furan rings is 1. The Morgan fingerprint density at radius 2 is 1.86 bits per heavy atom. The summed E-state index contributed by atoms with van der Waals surface area (Å²) in [7, 11) is 0. The number of pyridine rings is 1. The topological polar surface area (TPSA) is 84.2 Å². The van der Waals surface area contributed by atoms with Crippen molar-refractivity contribution in [2.75, 3.05) is 5.32 Å². The largest absolute Gasteiger partial charge is 0.467 e. The van der Waals surface area contributed by atoms with Gasteiger partial charge in [-0.25, -0.2) is 0 Å². The highest BCUT2D eigenvalue weighted by molar-refractivity contribution is 6.05. The predicted octanol–water partition coefficient (Wildman–Crippen LogP) is 3.88. The number of rotatable bonds is 5. The van der Waals surface area contributed by atoms with E-state index in [4.69, 9.17) is 4.42 Å². The van der Waals surface area contributed by atoms with Crippen molar-refractivity contribution >= 4 is 17.5 Å². The number of hydrogen-bond donors (Lipinski definition) is 2. The number of anilines is 1. The van der Waals surface area contributed by atoms with Crippen LogP contribution in [0.25, 0.3) is 0 Å².